The van der Waals surface area contributed by atoms with Crippen LogP contribution in [0.2, 0.25) is 0 Å². The Hall–Kier alpha value is -3.42. The second kappa shape index (κ2) is 11.7. The van der Waals surface area contributed by atoms with Gasteiger partial charge in [0.25, 0.3) is 11.8 Å². The largest absolute Gasteiger partial charge is 0.492 e. The lowest BCUT2D eigenvalue weighted by atomic mass is 10.0. The van der Waals surface area contributed by atoms with Crippen molar-refractivity contribution >= 4 is 17.8 Å². The fourth-order valence-corrected chi connectivity index (χ4v) is 2.70. The van der Waals surface area contributed by atoms with E-state index in [0.717, 1.165) is 11.6 Å². The van der Waals surface area contributed by atoms with Gasteiger partial charge in [0.1, 0.15) is 24.2 Å². The molecule has 8 heteroatoms. The smallest absolute Gasteiger partial charge is 0.329 e. The van der Waals surface area contributed by atoms with Crippen LogP contribution in [0.4, 0.5) is 4.39 Å². The molecule has 0 aliphatic carbocycles. The molecular formula is C23H27FN2O5. The van der Waals surface area contributed by atoms with Crippen LogP contribution in [0, 0.1) is 18.7 Å². The first-order valence-electron chi connectivity index (χ1n) is 9.96. The van der Waals surface area contributed by atoms with Gasteiger partial charge in [0.15, 0.2) is 6.61 Å². The summed E-state index contributed by atoms with van der Waals surface area (Å²) >= 11 is 0. The lowest BCUT2D eigenvalue weighted by Gasteiger charge is -2.21. The average molecular weight is 430 g/mol. The van der Waals surface area contributed by atoms with Crippen molar-refractivity contribution in [2.75, 3.05) is 19.8 Å². The molecule has 7 nitrogen and oxygen atoms in total. The minimum absolute atomic E-state index is 0.174. The number of rotatable bonds is 10. The van der Waals surface area contributed by atoms with E-state index in [9.17, 15) is 18.8 Å². The van der Waals surface area contributed by atoms with Gasteiger partial charge in [-0.1, -0.05) is 38.1 Å². The highest BCUT2D eigenvalue weighted by molar-refractivity contribution is 5.97. The van der Waals surface area contributed by atoms with Crippen LogP contribution in [0.3, 0.4) is 0 Å². The Labute approximate surface area is 180 Å². The fraction of sp³-hybridized carbons (Fsp3) is 0.348. The standard InChI is InChI=1S/C23H27FN2O5/c1-15(2)21(26-22(28)18-9-4-5-10-19(18)24)23(29)31-14-20(27)25-11-12-30-17-8-6-7-16(3)13-17/h4-10,13,15,21H,11-12,14H2,1-3H3,(H,25,27)(H,26,28). The van der Waals surface area contributed by atoms with Gasteiger partial charge in [-0.15, -0.1) is 0 Å². The summed E-state index contributed by atoms with van der Waals surface area (Å²) < 4.78 is 24.3. The molecule has 0 fully saturated rings. The zero-order valence-electron chi connectivity index (χ0n) is 17.8. The van der Waals surface area contributed by atoms with E-state index in [1.165, 1.54) is 18.2 Å². The van der Waals surface area contributed by atoms with Crippen LogP contribution in [0.15, 0.2) is 48.5 Å². The maximum Gasteiger partial charge on any atom is 0.329 e. The monoisotopic (exact) mass is 430 g/mol. The Balaban J connectivity index is 1.77. The summed E-state index contributed by atoms with van der Waals surface area (Å²) in [6.07, 6.45) is 0. The number of ether oxygens (including phenoxy) is 2. The molecule has 0 spiro atoms. The Morgan fingerprint density at radius 2 is 1.81 bits per heavy atom. The molecule has 0 saturated heterocycles. The molecule has 2 N–H and O–H groups in total. The molecule has 0 radical (unpaired) electrons. The fourth-order valence-electron chi connectivity index (χ4n) is 2.70. The summed E-state index contributed by atoms with van der Waals surface area (Å²) in [6, 6.07) is 12.0. The Bertz CT molecular complexity index is 916. The lowest BCUT2D eigenvalue weighted by Crippen LogP contribution is -2.46. The van der Waals surface area contributed by atoms with Crippen molar-refractivity contribution in [2.45, 2.75) is 26.8 Å². The number of carbonyl (C=O) groups excluding carboxylic acids is 3. The number of hydrogen-bond acceptors (Lipinski definition) is 5. The van der Waals surface area contributed by atoms with Crippen LogP contribution in [0.5, 0.6) is 5.75 Å². The third kappa shape index (κ3) is 7.73. The van der Waals surface area contributed by atoms with Gasteiger partial charge in [0, 0.05) is 0 Å². The lowest BCUT2D eigenvalue weighted by molar-refractivity contribution is -0.151. The minimum atomic E-state index is -1.02. The number of halogens is 1. The number of hydrogen-bond donors (Lipinski definition) is 2. The third-order valence-corrected chi connectivity index (χ3v) is 4.35. The molecular weight excluding hydrogens is 403 g/mol. The first-order valence-corrected chi connectivity index (χ1v) is 9.96. The highest BCUT2D eigenvalue weighted by Crippen LogP contribution is 2.12. The van der Waals surface area contributed by atoms with Gasteiger partial charge in [-0.25, -0.2) is 9.18 Å². The van der Waals surface area contributed by atoms with Crippen molar-refractivity contribution in [1.82, 2.24) is 10.6 Å². The minimum Gasteiger partial charge on any atom is -0.492 e. The van der Waals surface area contributed by atoms with E-state index in [0.29, 0.717) is 5.75 Å². The number of carbonyl (C=O) groups is 3. The summed E-state index contributed by atoms with van der Waals surface area (Å²) in [5, 5.41) is 5.05. The molecule has 2 aromatic carbocycles. The molecule has 0 aromatic heterocycles. The second-order valence-electron chi connectivity index (χ2n) is 7.30. The number of aryl methyl sites for hydroxylation is 1. The third-order valence-electron chi connectivity index (χ3n) is 4.35. The molecule has 1 unspecified atom stereocenters. The molecule has 166 valence electrons. The van der Waals surface area contributed by atoms with Gasteiger partial charge in [-0.2, -0.15) is 0 Å². The van der Waals surface area contributed by atoms with E-state index < -0.39 is 36.2 Å². The van der Waals surface area contributed by atoms with E-state index >= 15 is 0 Å². The molecule has 0 aliphatic rings. The maximum atomic E-state index is 13.8. The van der Waals surface area contributed by atoms with Gasteiger partial charge < -0.3 is 20.1 Å². The molecule has 1 atom stereocenters. The van der Waals surface area contributed by atoms with Crippen molar-refractivity contribution in [3.8, 4) is 5.75 Å². The molecule has 0 aliphatic heterocycles. The summed E-state index contributed by atoms with van der Waals surface area (Å²) in [5.74, 6) is -2.32. The zero-order chi connectivity index (χ0) is 22.8. The zero-order valence-corrected chi connectivity index (χ0v) is 17.8. The van der Waals surface area contributed by atoms with Crippen LogP contribution < -0.4 is 15.4 Å². The predicted octanol–water partition coefficient (Wildman–Crippen LogP) is 2.63. The molecule has 0 bridgehead atoms. The van der Waals surface area contributed by atoms with Crippen molar-refractivity contribution in [1.29, 1.82) is 0 Å². The van der Waals surface area contributed by atoms with Crippen molar-refractivity contribution in [2.24, 2.45) is 5.92 Å². The van der Waals surface area contributed by atoms with Crippen LogP contribution in [0.1, 0.15) is 29.8 Å². The quantitative estimate of drug-likeness (QED) is 0.447. The number of benzene rings is 2. The SMILES string of the molecule is Cc1cccc(OCCNC(=O)COC(=O)C(NC(=O)c2ccccc2F)C(C)C)c1. The van der Waals surface area contributed by atoms with Crippen LogP contribution in [-0.4, -0.2) is 43.6 Å². The van der Waals surface area contributed by atoms with Gasteiger partial charge in [0.2, 0.25) is 0 Å². The molecule has 31 heavy (non-hydrogen) atoms. The van der Waals surface area contributed by atoms with Crippen LogP contribution in [0.25, 0.3) is 0 Å². The van der Waals surface area contributed by atoms with E-state index in [2.05, 4.69) is 10.6 Å². The highest BCUT2D eigenvalue weighted by atomic mass is 19.1. The van der Waals surface area contributed by atoms with E-state index in [1.54, 1.807) is 13.8 Å². The Morgan fingerprint density at radius 1 is 1.06 bits per heavy atom. The van der Waals surface area contributed by atoms with Gasteiger partial charge in [0.05, 0.1) is 12.1 Å². The summed E-state index contributed by atoms with van der Waals surface area (Å²) in [5.41, 5.74) is 0.891. The number of amides is 2. The van der Waals surface area contributed by atoms with Crippen molar-refractivity contribution in [3.05, 3.63) is 65.5 Å². The Morgan fingerprint density at radius 3 is 2.48 bits per heavy atom. The van der Waals surface area contributed by atoms with Gasteiger partial charge in [-0.05, 0) is 42.7 Å². The molecule has 2 amide bonds. The predicted molar refractivity (Wildman–Crippen MR) is 113 cm³/mol. The summed E-state index contributed by atoms with van der Waals surface area (Å²) in [4.78, 5) is 36.5. The van der Waals surface area contributed by atoms with Crippen LogP contribution >= 0.6 is 0 Å². The summed E-state index contributed by atoms with van der Waals surface area (Å²) in [7, 11) is 0. The summed E-state index contributed by atoms with van der Waals surface area (Å²) in [6.45, 7) is 5.36. The first kappa shape index (κ1) is 23.9. The van der Waals surface area contributed by atoms with E-state index in [4.69, 9.17) is 9.47 Å². The molecule has 2 aromatic rings. The highest BCUT2D eigenvalue weighted by Gasteiger charge is 2.27. The molecule has 0 saturated carbocycles. The van der Waals surface area contributed by atoms with Gasteiger partial charge >= 0.3 is 5.97 Å². The number of esters is 1. The molecule has 2 rings (SSSR count). The van der Waals surface area contributed by atoms with Crippen LogP contribution in [-0.2, 0) is 14.3 Å². The normalized spacial score (nSPS) is 11.5. The van der Waals surface area contributed by atoms with E-state index in [-0.39, 0.29) is 24.6 Å². The van der Waals surface area contributed by atoms with Crippen molar-refractivity contribution < 1.29 is 28.2 Å². The van der Waals surface area contributed by atoms with Gasteiger partial charge in [-0.3, -0.25) is 9.59 Å². The average Bonchev–Trinajstić information content (AvgIpc) is 2.73. The number of nitrogens with one attached hydrogen (secondary N) is 2. The van der Waals surface area contributed by atoms with Crippen molar-refractivity contribution in [3.63, 3.8) is 0 Å². The molecule has 0 heterocycles. The first-order chi connectivity index (χ1) is 14.8. The Kier molecular flexibility index (Phi) is 8.99. The second-order valence-corrected chi connectivity index (χ2v) is 7.30. The maximum absolute atomic E-state index is 13.8. The van der Waals surface area contributed by atoms with E-state index in [1.807, 2.05) is 31.2 Å². The topological polar surface area (TPSA) is 93.7 Å².